The molecule has 1 fully saturated rings. The van der Waals surface area contributed by atoms with Crippen molar-refractivity contribution in [2.75, 3.05) is 24.6 Å². The van der Waals surface area contributed by atoms with Crippen LogP contribution in [0.15, 0.2) is 24.3 Å². The van der Waals surface area contributed by atoms with Crippen LogP contribution in [0.5, 0.6) is 5.75 Å². The lowest BCUT2D eigenvalue weighted by molar-refractivity contribution is -0.139. The summed E-state index contributed by atoms with van der Waals surface area (Å²) in [4.78, 5) is 21.1. The van der Waals surface area contributed by atoms with Crippen LogP contribution in [0.1, 0.15) is 28.2 Å². The predicted octanol–water partition coefficient (Wildman–Crippen LogP) is 3.55. The Morgan fingerprint density at radius 1 is 1.32 bits per heavy atom. The van der Waals surface area contributed by atoms with Gasteiger partial charge in [-0.05, 0) is 37.6 Å². The number of hydrogen-bond acceptors (Lipinski definition) is 5. The maximum Gasteiger partial charge on any atom is 0.420 e. The molecule has 150 valence electrons. The van der Waals surface area contributed by atoms with Crippen LogP contribution in [-0.4, -0.2) is 40.7 Å². The molecular weight excluding hydrogens is 382 g/mol. The number of anilines is 1. The molecule has 1 unspecified atom stereocenters. The molecule has 6 nitrogen and oxygen atoms in total. The summed E-state index contributed by atoms with van der Waals surface area (Å²) in [5.41, 5.74) is -0.776. The number of hydrogen-bond donors (Lipinski definition) is 1. The summed E-state index contributed by atoms with van der Waals surface area (Å²) in [6.45, 7) is 2.58. The van der Waals surface area contributed by atoms with E-state index in [1.807, 2.05) is 0 Å². The fraction of sp³-hybridized carbons (Fsp3) is 0.389. The molecule has 1 aromatic carbocycles. The van der Waals surface area contributed by atoms with E-state index in [0.29, 0.717) is 31.3 Å². The maximum atomic E-state index is 13.2. The van der Waals surface area contributed by atoms with Crippen molar-refractivity contribution in [3.8, 4) is 5.75 Å². The van der Waals surface area contributed by atoms with Crippen molar-refractivity contribution in [1.82, 2.24) is 9.97 Å². The molecule has 2 heterocycles. The number of aryl methyl sites for hydroxylation is 1. The Kier molecular flexibility index (Phi) is 5.39. The number of rotatable bonds is 5. The van der Waals surface area contributed by atoms with Crippen molar-refractivity contribution in [1.29, 1.82) is 0 Å². The van der Waals surface area contributed by atoms with E-state index in [1.54, 1.807) is 11.8 Å². The summed E-state index contributed by atoms with van der Waals surface area (Å²) >= 11 is 0. The molecule has 1 atom stereocenters. The highest BCUT2D eigenvalue weighted by Crippen LogP contribution is 2.37. The second-order valence-electron chi connectivity index (χ2n) is 6.55. The Morgan fingerprint density at radius 3 is 2.75 bits per heavy atom. The average molecular weight is 399 g/mol. The van der Waals surface area contributed by atoms with Gasteiger partial charge in [0, 0.05) is 24.7 Å². The number of aromatic carboxylic acids is 1. The van der Waals surface area contributed by atoms with Crippen LogP contribution >= 0.6 is 0 Å². The van der Waals surface area contributed by atoms with E-state index in [0.717, 1.165) is 12.1 Å². The van der Waals surface area contributed by atoms with E-state index < -0.39 is 29.3 Å². The zero-order chi connectivity index (χ0) is 20.5. The van der Waals surface area contributed by atoms with Gasteiger partial charge in [0.15, 0.2) is 5.69 Å². The van der Waals surface area contributed by atoms with Crippen molar-refractivity contribution in [3.05, 3.63) is 47.0 Å². The lowest BCUT2D eigenvalue weighted by Gasteiger charge is -2.18. The minimum atomic E-state index is -4.72. The molecule has 1 N–H and O–H groups in total. The molecule has 0 amide bonds. The third-order valence-electron chi connectivity index (χ3n) is 4.35. The molecule has 0 saturated carbocycles. The smallest absolute Gasteiger partial charge is 0.420 e. The van der Waals surface area contributed by atoms with Gasteiger partial charge in [-0.2, -0.15) is 13.2 Å². The first-order valence-electron chi connectivity index (χ1n) is 8.47. The summed E-state index contributed by atoms with van der Waals surface area (Å²) in [5.74, 6) is -2.42. The zero-order valence-electron chi connectivity index (χ0n) is 14.8. The average Bonchev–Trinajstić information content (AvgIpc) is 3.08. The molecule has 1 aromatic heterocycles. The Labute approximate surface area is 157 Å². The number of nitrogens with zero attached hydrogens (tertiary/aromatic N) is 3. The van der Waals surface area contributed by atoms with Gasteiger partial charge in [-0.25, -0.2) is 19.2 Å². The first kappa shape index (κ1) is 19.8. The van der Waals surface area contributed by atoms with E-state index in [1.165, 1.54) is 6.07 Å². The number of ether oxygens (including phenoxy) is 1. The van der Waals surface area contributed by atoms with Crippen LogP contribution < -0.4 is 9.64 Å². The van der Waals surface area contributed by atoms with Gasteiger partial charge in [-0.1, -0.05) is 0 Å². The van der Waals surface area contributed by atoms with Crippen molar-refractivity contribution in [3.63, 3.8) is 0 Å². The van der Waals surface area contributed by atoms with E-state index in [2.05, 4.69) is 9.97 Å². The van der Waals surface area contributed by atoms with Crippen LogP contribution in [0, 0.1) is 18.7 Å². The number of aromatic nitrogens is 2. The van der Waals surface area contributed by atoms with Gasteiger partial charge < -0.3 is 14.7 Å². The van der Waals surface area contributed by atoms with E-state index in [-0.39, 0.29) is 24.2 Å². The van der Waals surface area contributed by atoms with Gasteiger partial charge in [0.1, 0.15) is 17.1 Å². The van der Waals surface area contributed by atoms with Crippen molar-refractivity contribution in [2.24, 2.45) is 5.92 Å². The van der Waals surface area contributed by atoms with Gasteiger partial charge in [0.25, 0.3) is 0 Å². The molecule has 1 aliphatic heterocycles. The van der Waals surface area contributed by atoms with Crippen LogP contribution in [0.3, 0.4) is 0 Å². The Bertz CT molecular complexity index is 889. The Hall–Kier alpha value is -2.91. The van der Waals surface area contributed by atoms with Crippen LogP contribution in [0.2, 0.25) is 0 Å². The summed E-state index contributed by atoms with van der Waals surface area (Å²) < 4.78 is 57.6. The SMILES string of the molecule is Cc1cc(C(=O)O)nc(N2CCC(COc3ccc(F)cc3C(F)(F)F)C2)n1. The van der Waals surface area contributed by atoms with Gasteiger partial charge in [-0.15, -0.1) is 0 Å². The van der Waals surface area contributed by atoms with E-state index in [4.69, 9.17) is 9.84 Å². The van der Waals surface area contributed by atoms with Gasteiger partial charge in [0.05, 0.1) is 6.61 Å². The molecular formula is C18H17F4N3O3. The lowest BCUT2D eigenvalue weighted by Crippen LogP contribution is -2.25. The Morgan fingerprint density at radius 2 is 2.07 bits per heavy atom. The fourth-order valence-corrected chi connectivity index (χ4v) is 3.01. The first-order valence-corrected chi connectivity index (χ1v) is 8.47. The maximum absolute atomic E-state index is 13.2. The highest BCUT2D eigenvalue weighted by Gasteiger charge is 2.35. The minimum absolute atomic E-state index is 0.00279. The van der Waals surface area contributed by atoms with E-state index in [9.17, 15) is 22.4 Å². The number of carboxylic acids is 1. The van der Waals surface area contributed by atoms with Gasteiger partial charge in [-0.3, -0.25) is 0 Å². The van der Waals surface area contributed by atoms with Crippen molar-refractivity contribution >= 4 is 11.9 Å². The molecule has 0 spiro atoms. The Balaban J connectivity index is 1.67. The first-order chi connectivity index (χ1) is 13.1. The molecule has 1 saturated heterocycles. The summed E-state index contributed by atoms with van der Waals surface area (Å²) in [6, 6.07) is 3.65. The number of carbonyl (C=O) groups is 1. The fourth-order valence-electron chi connectivity index (χ4n) is 3.01. The highest BCUT2D eigenvalue weighted by atomic mass is 19.4. The highest BCUT2D eigenvalue weighted by molar-refractivity contribution is 5.85. The third-order valence-corrected chi connectivity index (χ3v) is 4.35. The number of alkyl halides is 3. The second-order valence-corrected chi connectivity index (χ2v) is 6.55. The second kappa shape index (κ2) is 7.61. The number of carboxylic acid groups (broad SMARTS) is 1. The summed E-state index contributed by atoms with van der Waals surface area (Å²) in [6.07, 6.45) is -4.11. The van der Waals surface area contributed by atoms with Crippen LogP contribution in [0.4, 0.5) is 23.5 Å². The number of halogens is 4. The van der Waals surface area contributed by atoms with Crippen molar-refractivity contribution in [2.45, 2.75) is 19.5 Å². The van der Waals surface area contributed by atoms with Gasteiger partial charge in [0.2, 0.25) is 5.95 Å². The van der Waals surface area contributed by atoms with Gasteiger partial charge >= 0.3 is 12.1 Å². The molecule has 1 aliphatic rings. The van der Waals surface area contributed by atoms with Crippen LogP contribution in [0.25, 0.3) is 0 Å². The summed E-state index contributed by atoms with van der Waals surface area (Å²) in [5, 5.41) is 9.10. The quantitative estimate of drug-likeness (QED) is 0.775. The molecule has 0 radical (unpaired) electrons. The topological polar surface area (TPSA) is 75.5 Å². The predicted molar refractivity (Wildman–Crippen MR) is 90.9 cm³/mol. The lowest BCUT2D eigenvalue weighted by atomic mass is 10.1. The third kappa shape index (κ3) is 4.49. The monoisotopic (exact) mass is 399 g/mol. The standard InChI is InChI=1S/C18H17F4N3O3/c1-10-6-14(16(26)27)24-17(23-10)25-5-4-11(8-25)9-28-15-3-2-12(19)7-13(15)18(20,21)22/h2-3,6-7,11H,4-5,8-9H2,1H3,(H,26,27). The molecule has 2 aromatic rings. The molecule has 0 bridgehead atoms. The number of benzene rings is 1. The van der Waals surface area contributed by atoms with Crippen molar-refractivity contribution < 1.29 is 32.2 Å². The largest absolute Gasteiger partial charge is 0.493 e. The molecule has 3 rings (SSSR count). The van der Waals surface area contributed by atoms with Crippen LogP contribution in [-0.2, 0) is 6.18 Å². The summed E-state index contributed by atoms with van der Waals surface area (Å²) in [7, 11) is 0. The zero-order valence-corrected chi connectivity index (χ0v) is 14.8. The molecule has 0 aliphatic carbocycles. The minimum Gasteiger partial charge on any atom is -0.493 e. The molecule has 10 heteroatoms. The normalized spacial score (nSPS) is 17.0. The molecule has 28 heavy (non-hydrogen) atoms. The van der Waals surface area contributed by atoms with E-state index >= 15 is 0 Å².